The van der Waals surface area contributed by atoms with Crippen molar-refractivity contribution in [2.75, 3.05) is 0 Å². The average molecular weight is 212 g/mol. The zero-order valence-electron chi connectivity index (χ0n) is 5.77. The minimum atomic E-state index is 0.481. The molecule has 0 N–H and O–H groups in total. The summed E-state index contributed by atoms with van der Waals surface area (Å²) in [5.41, 5.74) is 0. The summed E-state index contributed by atoms with van der Waals surface area (Å²) in [4.78, 5) is 0. The van der Waals surface area contributed by atoms with E-state index in [0.717, 1.165) is 20.9 Å². The summed E-state index contributed by atoms with van der Waals surface area (Å²) in [6, 6.07) is 0. The van der Waals surface area contributed by atoms with Crippen LogP contribution in [0.1, 0.15) is 19.8 Å². The summed E-state index contributed by atoms with van der Waals surface area (Å²) < 4.78 is 0. The molecule has 1 aliphatic heterocycles. The van der Waals surface area contributed by atoms with Crippen LogP contribution in [0.25, 0.3) is 0 Å². The molecule has 2 atom stereocenters. The molecule has 1 rings (SSSR count). The van der Waals surface area contributed by atoms with Gasteiger partial charge in [0.15, 0.2) is 0 Å². The molecule has 1 saturated heterocycles. The van der Waals surface area contributed by atoms with Gasteiger partial charge in [-0.25, -0.2) is 0 Å². The molecule has 2 heteroatoms. The molecule has 0 amide bonds. The molecule has 0 spiro atoms. The first-order chi connectivity index (χ1) is 4.30. The molecule has 0 aliphatic carbocycles. The molecule has 54 valence electrons. The van der Waals surface area contributed by atoms with Gasteiger partial charge in [0.1, 0.15) is 0 Å². The van der Waals surface area contributed by atoms with Crippen molar-refractivity contribution in [1.29, 1.82) is 0 Å². The molecule has 0 saturated carbocycles. The molecular weight excluding hydrogens is 198 g/mol. The van der Waals surface area contributed by atoms with Crippen molar-refractivity contribution in [3.63, 3.8) is 0 Å². The summed E-state index contributed by atoms with van der Waals surface area (Å²) >= 11 is 6.99. The van der Waals surface area contributed by atoms with Crippen molar-refractivity contribution < 1.29 is 0 Å². The first-order valence-corrected chi connectivity index (χ1v) is 6.38. The van der Waals surface area contributed by atoms with E-state index >= 15 is 0 Å². The Labute approximate surface area is 68.5 Å². The molecule has 0 bridgehead atoms. The van der Waals surface area contributed by atoms with E-state index in [0.29, 0.717) is 5.38 Å². The normalized spacial score (nSPS) is 38.0. The van der Waals surface area contributed by atoms with Crippen molar-refractivity contribution in [2.45, 2.75) is 35.8 Å². The van der Waals surface area contributed by atoms with Crippen LogP contribution in [0.2, 0.25) is 10.6 Å². The topological polar surface area (TPSA) is 0 Å². The van der Waals surface area contributed by atoms with Gasteiger partial charge >= 0.3 is 68.3 Å². The zero-order valence-corrected chi connectivity index (χ0v) is 8.24. The molecule has 1 fully saturated rings. The Bertz CT molecular complexity index is 75.0. The molecular formula is C7H13ClSe. The van der Waals surface area contributed by atoms with Crippen molar-refractivity contribution in [2.24, 2.45) is 5.92 Å². The number of rotatable bonds is 0. The fraction of sp³-hybridized carbons (Fsp3) is 1.00. The summed E-state index contributed by atoms with van der Waals surface area (Å²) in [6.45, 7) is 2.28. The van der Waals surface area contributed by atoms with Gasteiger partial charge in [0.2, 0.25) is 0 Å². The first kappa shape index (κ1) is 7.91. The molecule has 9 heavy (non-hydrogen) atoms. The Morgan fingerprint density at radius 1 is 1.56 bits per heavy atom. The SMILES string of the molecule is C[C@H]1C[Se]CCC[C@@H]1Cl. The van der Waals surface area contributed by atoms with Crippen molar-refractivity contribution >= 4 is 26.6 Å². The number of hydrogen-bond acceptors (Lipinski definition) is 0. The summed E-state index contributed by atoms with van der Waals surface area (Å²) in [6.07, 6.45) is 2.63. The Kier molecular flexibility index (Phi) is 3.39. The van der Waals surface area contributed by atoms with Crippen LogP contribution in [0, 0.1) is 5.92 Å². The van der Waals surface area contributed by atoms with E-state index in [4.69, 9.17) is 11.6 Å². The van der Waals surface area contributed by atoms with Crippen molar-refractivity contribution in [3.05, 3.63) is 0 Å². The van der Waals surface area contributed by atoms with Gasteiger partial charge in [-0.15, -0.1) is 0 Å². The molecule has 1 heterocycles. The van der Waals surface area contributed by atoms with Gasteiger partial charge in [-0.05, 0) is 0 Å². The monoisotopic (exact) mass is 212 g/mol. The van der Waals surface area contributed by atoms with E-state index in [9.17, 15) is 0 Å². The van der Waals surface area contributed by atoms with Gasteiger partial charge in [0, 0.05) is 0 Å². The van der Waals surface area contributed by atoms with Crippen LogP contribution in [0.3, 0.4) is 0 Å². The second-order valence-corrected chi connectivity index (χ2v) is 5.68. The summed E-state index contributed by atoms with van der Waals surface area (Å²) in [5.74, 6) is 0.786. The van der Waals surface area contributed by atoms with Crippen LogP contribution in [0.15, 0.2) is 0 Å². The van der Waals surface area contributed by atoms with E-state index in [1.165, 1.54) is 23.5 Å². The maximum absolute atomic E-state index is 6.08. The minimum absolute atomic E-state index is 0.481. The summed E-state index contributed by atoms with van der Waals surface area (Å²) in [5, 5.41) is 3.34. The standard InChI is InChI=1S/C7H13ClSe/c1-6-5-9-4-2-3-7(6)8/h6-7H,2-5H2,1H3/t6-,7-/m0/s1. The third-order valence-electron chi connectivity index (χ3n) is 1.77. The Morgan fingerprint density at radius 3 is 3.11 bits per heavy atom. The van der Waals surface area contributed by atoms with Crippen molar-refractivity contribution in [1.82, 2.24) is 0 Å². The average Bonchev–Trinajstić information content (AvgIpc) is 1.99. The van der Waals surface area contributed by atoms with Crippen LogP contribution in [-0.4, -0.2) is 20.3 Å². The second-order valence-electron chi connectivity index (χ2n) is 2.71. The quantitative estimate of drug-likeness (QED) is 0.427. The summed E-state index contributed by atoms with van der Waals surface area (Å²) in [7, 11) is 0. The van der Waals surface area contributed by atoms with E-state index in [2.05, 4.69) is 6.92 Å². The number of hydrogen-bond donors (Lipinski definition) is 0. The molecule has 0 radical (unpaired) electrons. The predicted octanol–water partition coefficient (Wildman–Crippen LogP) is 2.56. The Morgan fingerprint density at radius 2 is 2.33 bits per heavy atom. The fourth-order valence-corrected chi connectivity index (χ4v) is 3.92. The number of alkyl halides is 1. The third-order valence-corrected chi connectivity index (χ3v) is 5.22. The van der Waals surface area contributed by atoms with Crippen LogP contribution in [0.4, 0.5) is 0 Å². The van der Waals surface area contributed by atoms with Crippen LogP contribution in [0.5, 0.6) is 0 Å². The van der Waals surface area contributed by atoms with Gasteiger partial charge in [0.05, 0.1) is 0 Å². The van der Waals surface area contributed by atoms with Crippen LogP contribution in [-0.2, 0) is 0 Å². The van der Waals surface area contributed by atoms with Crippen molar-refractivity contribution in [3.8, 4) is 0 Å². The Balaban J connectivity index is 2.32. The first-order valence-electron chi connectivity index (χ1n) is 3.52. The van der Waals surface area contributed by atoms with E-state index in [1.807, 2.05) is 0 Å². The van der Waals surface area contributed by atoms with Gasteiger partial charge in [0.25, 0.3) is 0 Å². The maximum atomic E-state index is 6.08. The second kappa shape index (κ2) is 3.85. The molecule has 0 nitrogen and oxygen atoms in total. The van der Waals surface area contributed by atoms with E-state index in [-0.39, 0.29) is 0 Å². The Hall–Kier alpha value is 0.809. The van der Waals surface area contributed by atoms with Gasteiger partial charge < -0.3 is 0 Å². The van der Waals surface area contributed by atoms with Crippen LogP contribution < -0.4 is 0 Å². The molecule has 0 aromatic carbocycles. The van der Waals surface area contributed by atoms with Gasteiger partial charge in [-0.2, -0.15) is 0 Å². The molecule has 1 aliphatic rings. The zero-order chi connectivity index (χ0) is 6.69. The third kappa shape index (κ3) is 2.49. The predicted molar refractivity (Wildman–Crippen MR) is 43.4 cm³/mol. The number of halogens is 1. The van der Waals surface area contributed by atoms with Gasteiger partial charge in [-0.1, -0.05) is 0 Å². The molecule has 0 aromatic rings. The van der Waals surface area contributed by atoms with E-state index in [1.54, 1.807) is 0 Å². The van der Waals surface area contributed by atoms with Gasteiger partial charge in [-0.3, -0.25) is 0 Å². The fourth-order valence-electron chi connectivity index (χ4n) is 1.04. The van der Waals surface area contributed by atoms with Crippen LogP contribution >= 0.6 is 11.6 Å². The molecule has 0 unspecified atom stereocenters. The van der Waals surface area contributed by atoms with E-state index < -0.39 is 0 Å². The molecule has 0 aromatic heterocycles.